The predicted molar refractivity (Wildman–Crippen MR) is 72.6 cm³/mol. The third-order valence-electron chi connectivity index (χ3n) is 3.73. The second-order valence-electron chi connectivity index (χ2n) is 5.42. The van der Waals surface area contributed by atoms with Gasteiger partial charge >= 0.3 is 0 Å². The minimum absolute atomic E-state index is 0.0750. The molecule has 1 amide bonds. The van der Waals surface area contributed by atoms with E-state index in [9.17, 15) is 13.2 Å². The zero-order valence-electron chi connectivity index (χ0n) is 11.7. The van der Waals surface area contributed by atoms with Gasteiger partial charge in [-0.2, -0.15) is 0 Å². The molecule has 1 heterocycles. The highest BCUT2D eigenvalue weighted by Gasteiger charge is 2.28. The van der Waals surface area contributed by atoms with Crippen LogP contribution >= 0.6 is 0 Å². The molecule has 8 heteroatoms. The maximum absolute atomic E-state index is 12.1. The number of rotatable bonds is 4. The first-order valence-corrected chi connectivity index (χ1v) is 8.41. The number of aromatic nitrogens is 3. The van der Waals surface area contributed by atoms with E-state index in [-0.39, 0.29) is 11.2 Å². The molecule has 0 aliphatic heterocycles. The van der Waals surface area contributed by atoms with E-state index >= 15 is 0 Å². The molecule has 1 N–H and O–H groups in total. The van der Waals surface area contributed by atoms with Crippen molar-refractivity contribution < 1.29 is 13.2 Å². The number of amides is 1. The van der Waals surface area contributed by atoms with Crippen LogP contribution in [0.25, 0.3) is 0 Å². The zero-order valence-corrected chi connectivity index (χ0v) is 12.6. The van der Waals surface area contributed by atoms with Gasteiger partial charge in [0, 0.05) is 13.1 Å². The van der Waals surface area contributed by atoms with Crippen molar-refractivity contribution >= 4 is 15.7 Å². The Labute approximate surface area is 118 Å². The molecule has 0 radical (unpaired) electrons. The Morgan fingerprint density at radius 3 is 2.75 bits per heavy atom. The number of aryl methyl sites for hydroxylation is 1. The van der Waals surface area contributed by atoms with Gasteiger partial charge in [0.25, 0.3) is 0 Å². The lowest BCUT2D eigenvalue weighted by Gasteiger charge is -2.29. The van der Waals surface area contributed by atoms with Crippen LogP contribution in [-0.4, -0.2) is 40.9 Å². The molecule has 1 aromatic rings. The minimum atomic E-state index is -3.74. The van der Waals surface area contributed by atoms with Crippen molar-refractivity contribution in [2.45, 2.75) is 43.8 Å². The van der Waals surface area contributed by atoms with Gasteiger partial charge in [0.1, 0.15) is 12.1 Å². The van der Waals surface area contributed by atoms with E-state index in [1.807, 2.05) is 0 Å². The summed E-state index contributed by atoms with van der Waals surface area (Å²) in [5, 5.41) is 9.73. The molecule has 1 aliphatic carbocycles. The van der Waals surface area contributed by atoms with E-state index in [0.29, 0.717) is 5.92 Å². The number of nitrogens with one attached hydrogen (secondary N) is 1. The van der Waals surface area contributed by atoms with Crippen LogP contribution in [0.5, 0.6) is 0 Å². The summed E-state index contributed by atoms with van der Waals surface area (Å²) in [5.41, 5.74) is 0. The third kappa shape index (κ3) is 3.36. The lowest BCUT2D eigenvalue weighted by Crippen LogP contribution is -2.43. The van der Waals surface area contributed by atoms with Gasteiger partial charge in [0.05, 0.1) is 0 Å². The zero-order chi connectivity index (χ0) is 14.8. The number of sulfone groups is 1. The fourth-order valence-electron chi connectivity index (χ4n) is 2.57. The van der Waals surface area contributed by atoms with Gasteiger partial charge < -0.3 is 9.88 Å². The molecule has 0 aromatic carbocycles. The monoisotopic (exact) mass is 300 g/mol. The second-order valence-corrected chi connectivity index (χ2v) is 7.30. The molecule has 1 aromatic heterocycles. The van der Waals surface area contributed by atoms with Crippen LogP contribution in [-0.2, 0) is 21.7 Å². The van der Waals surface area contributed by atoms with Gasteiger partial charge in [-0.15, -0.1) is 10.2 Å². The standard InChI is InChI=1S/C12H20N4O3S/c1-9-5-3-4-6-10(9)14-11(17)7-20(18,19)12-15-13-8-16(12)2/h8-10H,3-7H2,1-2H3,(H,14,17)/t9-,10-/m1/s1. The summed E-state index contributed by atoms with van der Waals surface area (Å²) >= 11 is 0. The molecule has 0 spiro atoms. The fourth-order valence-corrected chi connectivity index (χ4v) is 3.79. The first-order valence-electron chi connectivity index (χ1n) is 6.76. The summed E-state index contributed by atoms with van der Waals surface area (Å²) < 4.78 is 25.4. The van der Waals surface area contributed by atoms with Crippen LogP contribution in [0.4, 0.5) is 0 Å². The minimum Gasteiger partial charge on any atom is -0.352 e. The summed E-state index contributed by atoms with van der Waals surface area (Å²) in [6.07, 6.45) is 5.53. The van der Waals surface area contributed by atoms with Crippen LogP contribution in [0.3, 0.4) is 0 Å². The smallest absolute Gasteiger partial charge is 0.249 e. The summed E-state index contributed by atoms with van der Waals surface area (Å²) in [7, 11) is -2.20. The summed E-state index contributed by atoms with van der Waals surface area (Å²) in [6, 6.07) is 0.0750. The number of carbonyl (C=O) groups is 1. The second kappa shape index (κ2) is 5.90. The van der Waals surface area contributed by atoms with E-state index in [0.717, 1.165) is 19.3 Å². The lowest BCUT2D eigenvalue weighted by molar-refractivity contribution is -0.119. The van der Waals surface area contributed by atoms with Crippen molar-refractivity contribution in [3.63, 3.8) is 0 Å². The highest BCUT2D eigenvalue weighted by Crippen LogP contribution is 2.23. The molecule has 0 bridgehead atoms. The van der Waals surface area contributed by atoms with Gasteiger partial charge in [-0.3, -0.25) is 4.79 Å². The van der Waals surface area contributed by atoms with E-state index in [2.05, 4.69) is 22.4 Å². The van der Waals surface area contributed by atoms with E-state index < -0.39 is 21.5 Å². The Morgan fingerprint density at radius 2 is 2.15 bits per heavy atom. The van der Waals surface area contributed by atoms with Crippen LogP contribution < -0.4 is 5.32 Å². The third-order valence-corrected chi connectivity index (χ3v) is 5.30. The van der Waals surface area contributed by atoms with Crippen molar-refractivity contribution in [2.75, 3.05) is 5.75 Å². The van der Waals surface area contributed by atoms with Gasteiger partial charge in [-0.25, -0.2) is 8.42 Å². The maximum Gasteiger partial charge on any atom is 0.249 e. The molecular weight excluding hydrogens is 280 g/mol. The molecule has 112 valence electrons. The van der Waals surface area contributed by atoms with Crippen molar-refractivity contribution in [2.24, 2.45) is 13.0 Å². The van der Waals surface area contributed by atoms with Gasteiger partial charge in [0.15, 0.2) is 0 Å². The fraction of sp³-hybridized carbons (Fsp3) is 0.750. The van der Waals surface area contributed by atoms with Crippen molar-refractivity contribution in [1.82, 2.24) is 20.1 Å². The Bertz CT molecular complexity index is 581. The molecule has 7 nitrogen and oxygen atoms in total. The first-order chi connectivity index (χ1) is 9.40. The average Bonchev–Trinajstić information content (AvgIpc) is 2.78. The molecule has 0 unspecified atom stereocenters. The molecule has 20 heavy (non-hydrogen) atoms. The highest BCUT2D eigenvalue weighted by atomic mass is 32.2. The number of hydrogen-bond donors (Lipinski definition) is 1. The van der Waals surface area contributed by atoms with Gasteiger partial charge in [-0.1, -0.05) is 19.8 Å². The SMILES string of the molecule is C[C@@H]1CCCC[C@H]1NC(=O)CS(=O)(=O)c1nncn1C. The maximum atomic E-state index is 12.1. The van der Waals surface area contributed by atoms with E-state index in [4.69, 9.17) is 0 Å². The molecule has 2 atom stereocenters. The van der Waals surface area contributed by atoms with Crippen LogP contribution in [0, 0.1) is 5.92 Å². The molecule has 1 saturated carbocycles. The van der Waals surface area contributed by atoms with Crippen LogP contribution in [0.2, 0.25) is 0 Å². The van der Waals surface area contributed by atoms with Crippen molar-refractivity contribution in [1.29, 1.82) is 0 Å². The Balaban J connectivity index is 1.99. The molecule has 0 saturated heterocycles. The average molecular weight is 300 g/mol. The normalized spacial score (nSPS) is 23.5. The lowest BCUT2D eigenvalue weighted by atomic mass is 9.86. The Kier molecular flexibility index (Phi) is 4.42. The summed E-state index contributed by atoms with van der Waals surface area (Å²) in [5.74, 6) is -0.653. The predicted octanol–water partition coefficient (Wildman–Crippen LogP) is 0.284. The van der Waals surface area contributed by atoms with Crippen LogP contribution in [0.15, 0.2) is 11.5 Å². The van der Waals surface area contributed by atoms with Gasteiger partial charge in [-0.05, 0) is 18.8 Å². The molecule has 1 aliphatic rings. The number of hydrogen-bond acceptors (Lipinski definition) is 5. The molecule has 1 fully saturated rings. The largest absolute Gasteiger partial charge is 0.352 e. The highest BCUT2D eigenvalue weighted by molar-refractivity contribution is 7.91. The Morgan fingerprint density at radius 1 is 1.45 bits per heavy atom. The van der Waals surface area contributed by atoms with Crippen LogP contribution in [0.1, 0.15) is 32.6 Å². The molecule has 2 rings (SSSR count). The van der Waals surface area contributed by atoms with Gasteiger partial charge in [0.2, 0.25) is 20.9 Å². The Hall–Kier alpha value is -1.44. The summed E-state index contributed by atoms with van der Waals surface area (Å²) in [6.45, 7) is 2.08. The van der Waals surface area contributed by atoms with E-state index in [1.165, 1.54) is 24.4 Å². The first kappa shape index (κ1) is 15.0. The quantitative estimate of drug-likeness (QED) is 0.862. The van der Waals surface area contributed by atoms with E-state index in [1.54, 1.807) is 0 Å². The molecular formula is C12H20N4O3S. The number of nitrogens with zero attached hydrogens (tertiary/aromatic N) is 3. The topological polar surface area (TPSA) is 93.9 Å². The number of carbonyl (C=O) groups excluding carboxylic acids is 1. The van der Waals surface area contributed by atoms with Crippen molar-refractivity contribution in [3.05, 3.63) is 6.33 Å². The van der Waals surface area contributed by atoms with Crippen molar-refractivity contribution in [3.8, 4) is 0 Å². The summed E-state index contributed by atoms with van der Waals surface area (Å²) in [4.78, 5) is 11.9.